The Morgan fingerprint density at radius 2 is 1.20 bits per heavy atom. The first-order valence-corrected chi connectivity index (χ1v) is 21.2. The monoisotopic (exact) mass is 793 g/mol. The van der Waals surface area contributed by atoms with E-state index in [1.165, 1.54) is 48.8 Å². The second-order valence-corrected chi connectivity index (χ2v) is 16.6. The van der Waals surface area contributed by atoms with Crippen LogP contribution in [0.15, 0.2) is 206 Å². The molecule has 288 valence electrons. The second-order valence-electron chi connectivity index (χ2n) is 15.5. The summed E-state index contributed by atoms with van der Waals surface area (Å²) in [6.07, 6.45) is 14.3. The van der Waals surface area contributed by atoms with Gasteiger partial charge in [0.25, 0.3) is 0 Å². The van der Waals surface area contributed by atoms with Crippen LogP contribution in [0.25, 0.3) is 33.4 Å². The highest BCUT2D eigenvalue weighted by molar-refractivity contribution is 7.17. The third kappa shape index (κ3) is 6.26. The number of fused-ring (bicyclic) bond motifs is 7. The minimum atomic E-state index is -0.260. The number of halogens is 1. The van der Waals surface area contributed by atoms with Gasteiger partial charge < -0.3 is 14.7 Å². The number of allylic oxidation sites excluding steroid dienone is 3. The predicted octanol–water partition coefficient (Wildman–Crippen LogP) is 13.4. The summed E-state index contributed by atoms with van der Waals surface area (Å²) >= 11 is 1.84. The Bertz CT molecular complexity index is 3110. The number of hydrogen-bond donors (Lipinski definition) is 0. The molecule has 0 fully saturated rings. The van der Waals surface area contributed by atoms with Gasteiger partial charge in [-0.25, -0.2) is 4.39 Å². The van der Waals surface area contributed by atoms with Gasteiger partial charge in [-0.1, -0.05) is 116 Å². The van der Waals surface area contributed by atoms with Crippen molar-refractivity contribution in [2.24, 2.45) is 0 Å². The molecule has 2 unspecified atom stereocenters. The number of thiophene rings is 1. The van der Waals surface area contributed by atoms with Crippen LogP contribution in [0.3, 0.4) is 0 Å². The van der Waals surface area contributed by atoms with Gasteiger partial charge in [0.1, 0.15) is 5.82 Å². The van der Waals surface area contributed by atoms with Crippen LogP contribution in [0.2, 0.25) is 0 Å². The molecule has 2 aliphatic heterocycles. The maximum Gasteiger partial charge on any atom is 0.123 e. The molecule has 60 heavy (non-hydrogen) atoms. The highest BCUT2D eigenvalue weighted by atomic mass is 32.1. The van der Waals surface area contributed by atoms with E-state index in [1.54, 1.807) is 0 Å². The molecule has 3 aliphatic rings. The summed E-state index contributed by atoms with van der Waals surface area (Å²) in [6, 6.07) is 59.1. The van der Waals surface area contributed by atoms with Crippen molar-refractivity contribution in [3.05, 3.63) is 233 Å². The predicted molar refractivity (Wildman–Crippen MR) is 251 cm³/mol. The van der Waals surface area contributed by atoms with E-state index in [4.69, 9.17) is 0 Å². The standard InChI is InChI=1S/C55H40FN3S/c1-37-36-50-49-13-5-9-17-54(49)60-55(50)35-22-40-10-2-6-14-51(40)57(37)42-25-18-38(19-26-42)39-20-27-43(28-21-39)58(44-29-23-41(56)24-30-44)45-31-33-46(34-32-45)59-52-15-7-3-11-47(52)48-12-4-8-16-53(48)59/h2-21,23-36,47,52H,1,22H2/b50-36-,55-35+. The SMILES string of the molecule is C=C1/C=c2\c(sc3ccccc23)=C/Cc2ccccc2N1c1ccc(-c2ccc(N(c3ccc(F)cc3)c3ccc(N4c5ccccc5C5C=CC=CC54)cc3)cc2)cc1. The molecule has 7 aromatic carbocycles. The lowest BCUT2D eigenvalue weighted by molar-refractivity contribution is 0.628. The van der Waals surface area contributed by atoms with E-state index in [1.807, 2.05) is 23.5 Å². The molecule has 0 N–H and O–H groups in total. The molecule has 0 radical (unpaired) electrons. The maximum atomic E-state index is 14.2. The minimum absolute atomic E-state index is 0.230. The minimum Gasteiger partial charge on any atom is -0.333 e. The maximum absolute atomic E-state index is 14.2. The quantitative estimate of drug-likeness (QED) is 0.166. The Morgan fingerprint density at radius 3 is 1.97 bits per heavy atom. The van der Waals surface area contributed by atoms with Crippen LogP contribution in [0.1, 0.15) is 17.0 Å². The van der Waals surface area contributed by atoms with E-state index in [-0.39, 0.29) is 11.9 Å². The molecule has 0 amide bonds. The second kappa shape index (κ2) is 14.9. The fourth-order valence-electron chi connectivity index (χ4n) is 9.18. The molecule has 0 saturated carbocycles. The Hall–Kier alpha value is -7.21. The zero-order chi connectivity index (χ0) is 40.2. The average Bonchev–Trinajstić information content (AvgIpc) is 3.83. The number of rotatable bonds is 6. The third-order valence-electron chi connectivity index (χ3n) is 12.0. The molecular weight excluding hydrogens is 754 g/mol. The molecule has 1 aromatic heterocycles. The molecule has 1 aliphatic carbocycles. The molecule has 0 bridgehead atoms. The number of benzene rings is 7. The zero-order valence-electron chi connectivity index (χ0n) is 32.8. The van der Waals surface area contributed by atoms with Gasteiger partial charge in [-0.2, -0.15) is 0 Å². The van der Waals surface area contributed by atoms with E-state index in [0.717, 1.165) is 57.4 Å². The van der Waals surface area contributed by atoms with Gasteiger partial charge in [-0.15, -0.1) is 11.3 Å². The zero-order valence-corrected chi connectivity index (χ0v) is 33.6. The van der Waals surface area contributed by atoms with Crippen molar-refractivity contribution in [3.63, 3.8) is 0 Å². The number of hydrogen-bond acceptors (Lipinski definition) is 4. The number of para-hydroxylation sites is 2. The summed E-state index contributed by atoms with van der Waals surface area (Å²) in [5, 5.41) is 2.49. The van der Waals surface area contributed by atoms with E-state index in [0.29, 0.717) is 5.92 Å². The van der Waals surface area contributed by atoms with Crippen LogP contribution in [0.5, 0.6) is 0 Å². The van der Waals surface area contributed by atoms with E-state index in [9.17, 15) is 4.39 Å². The van der Waals surface area contributed by atoms with Crippen molar-refractivity contribution >= 4 is 73.4 Å². The molecule has 3 heterocycles. The molecule has 3 nitrogen and oxygen atoms in total. The lowest BCUT2D eigenvalue weighted by Gasteiger charge is -2.30. The lowest BCUT2D eigenvalue weighted by Crippen LogP contribution is -2.28. The number of anilines is 7. The van der Waals surface area contributed by atoms with Gasteiger partial charge in [-0.3, -0.25) is 0 Å². The van der Waals surface area contributed by atoms with Gasteiger partial charge in [0, 0.05) is 71.3 Å². The van der Waals surface area contributed by atoms with Crippen molar-refractivity contribution in [1.82, 2.24) is 0 Å². The van der Waals surface area contributed by atoms with Gasteiger partial charge in [0.2, 0.25) is 0 Å². The molecule has 0 saturated heterocycles. The molecule has 8 aromatic rings. The first-order chi connectivity index (χ1) is 29.6. The average molecular weight is 794 g/mol. The summed E-state index contributed by atoms with van der Waals surface area (Å²) in [5.41, 5.74) is 13.2. The fraction of sp³-hybridized carbons (Fsp3) is 0.0545. The molecular formula is C55H40FN3S. The summed E-state index contributed by atoms with van der Waals surface area (Å²) in [4.78, 5) is 6.91. The smallest absolute Gasteiger partial charge is 0.123 e. The number of nitrogens with zero attached hydrogens (tertiary/aromatic N) is 3. The van der Waals surface area contributed by atoms with Gasteiger partial charge in [0.05, 0.1) is 6.04 Å². The van der Waals surface area contributed by atoms with E-state index >= 15 is 0 Å². The topological polar surface area (TPSA) is 9.72 Å². The van der Waals surface area contributed by atoms with E-state index < -0.39 is 0 Å². The van der Waals surface area contributed by atoms with Crippen molar-refractivity contribution in [3.8, 4) is 11.1 Å². The van der Waals surface area contributed by atoms with Crippen molar-refractivity contribution in [2.45, 2.75) is 18.4 Å². The normalized spacial score (nSPS) is 17.6. The van der Waals surface area contributed by atoms with E-state index in [2.05, 4.69) is 203 Å². The van der Waals surface area contributed by atoms with Crippen LogP contribution in [0.4, 0.5) is 44.2 Å². The van der Waals surface area contributed by atoms with Gasteiger partial charge >= 0.3 is 0 Å². The van der Waals surface area contributed by atoms with Crippen molar-refractivity contribution < 1.29 is 4.39 Å². The van der Waals surface area contributed by atoms with Crippen molar-refractivity contribution in [2.75, 3.05) is 14.7 Å². The largest absolute Gasteiger partial charge is 0.333 e. The summed E-state index contributed by atoms with van der Waals surface area (Å²) < 4.78 is 16.8. The van der Waals surface area contributed by atoms with Crippen LogP contribution >= 0.6 is 11.3 Å². The first kappa shape index (κ1) is 35.9. The van der Waals surface area contributed by atoms with Crippen LogP contribution in [0, 0.1) is 5.82 Å². The van der Waals surface area contributed by atoms with Crippen LogP contribution in [-0.4, -0.2) is 6.04 Å². The Labute approximate surface area is 353 Å². The summed E-state index contributed by atoms with van der Waals surface area (Å²) in [6.45, 7) is 4.64. The third-order valence-corrected chi connectivity index (χ3v) is 13.2. The Kier molecular flexibility index (Phi) is 8.90. The highest BCUT2D eigenvalue weighted by Crippen LogP contribution is 2.48. The molecule has 11 rings (SSSR count). The Balaban J connectivity index is 0.908. The summed E-state index contributed by atoms with van der Waals surface area (Å²) in [5.74, 6) is 0.0632. The van der Waals surface area contributed by atoms with Crippen molar-refractivity contribution in [1.29, 1.82) is 0 Å². The van der Waals surface area contributed by atoms with Crippen LogP contribution < -0.4 is 24.5 Å². The molecule has 5 heteroatoms. The lowest BCUT2D eigenvalue weighted by atomic mass is 9.91. The van der Waals surface area contributed by atoms with Crippen LogP contribution in [-0.2, 0) is 6.42 Å². The van der Waals surface area contributed by atoms with Gasteiger partial charge in [0.15, 0.2) is 0 Å². The Morgan fingerprint density at radius 1 is 0.600 bits per heavy atom. The molecule has 0 spiro atoms. The molecule has 2 atom stereocenters. The highest BCUT2D eigenvalue weighted by Gasteiger charge is 2.37. The summed E-state index contributed by atoms with van der Waals surface area (Å²) in [7, 11) is 0. The fourth-order valence-corrected chi connectivity index (χ4v) is 10.3. The van der Waals surface area contributed by atoms with Gasteiger partial charge in [-0.05, 0) is 126 Å². The first-order valence-electron chi connectivity index (χ1n) is 20.4.